The molecule has 18 heavy (non-hydrogen) atoms. The second-order valence-electron chi connectivity index (χ2n) is 5.49. The van der Waals surface area contributed by atoms with E-state index in [0.717, 1.165) is 4.90 Å². The van der Waals surface area contributed by atoms with E-state index in [9.17, 15) is 14.4 Å². The van der Waals surface area contributed by atoms with Gasteiger partial charge in [-0.05, 0) is 34.6 Å². The fourth-order valence-corrected chi connectivity index (χ4v) is 1.71. The molecule has 1 fully saturated rings. The van der Waals surface area contributed by atoms with Crippen molar-refractivity contribution in [2.75, 3.05) is 7.05 Å². The van der Waals surface area contributed by atoms with Gasteiger partial charge in [0.15, 0.2) is 0 Å². The van der Waals surface area contributed by atoms with Gasteiger partial charge in [0.1, 0.15) is 17.7 Å². The van der Waals surface area contributed by atoms with Crippen LogP contribution >= 0.6 is 0 Å². The van der Waals surface area contributed by atoms with Gasteiger partial charge in [0.05, 0.1) is 0 Å². The summed E-state index contributed by atoms with van der Waals surface area (Å²) in [6.45, 7) is 8.24. The Labute approximate surface area is 107 Å². The van der Waals surface area contributed by atoms with Gasteiger partial charge in [0, 0.05) is 7.05 Å². The maximum Gasteiger partial charge on any atom is 0.417 e. The molecule has 0 radical (unpaired) electrons. The van der Waals surface area contributed by atoms with E-state index in [2.05, 4.69) is 0 Å². The molecule has 2 atom stereocenters. The fraction of sp³-hybridized carbons (Fsp3) is 0.750. The molecule has 0 spiro atoms. The second kappa shape index (κ2) is 4.59. The van der Waals surface area contributed by atoms with Crippen LogP contribution in [0.2, 0.25) is 0 Å². The smallest absolute Gasteiger partial charge is 0.417 e. The second-order valence-corrected chi connectivity index (χ2v) is 5.49. The zero-order valence-electron chi connectivity index (χ0n) is 11.7. The van der Waals surface area contributed by atoms with Crippen LogP contribution in [0, 0.1) is 0 Å². The molecule has 0 unspecified atom stereocenters. The first kappa shape index (κ1) is 14.5. The van der Waals surface area contributed by atoms with Crippen LogP contribution in [-0.4, -0.2) is 52.4 Å². The third kappa shape index (κ3) is 2.63. The van der Waals surface area contributed by atoms with Gasteiger partial charge in [-0.15, -0.1) is 0 Å². The number of ether oxygens (including phenoxy) is 1. The molecule has 3 amide bonds. The van der Waals surface area contributed by atoms with Crippen molar-refractivity contribution in [2.24, 2.45) is 0 Å². The van der Waals surface area contributed by atoms with E-state index < -0.39 is 29.7 Å². The predicted molar refractivity (Wildman–Crippen MR) is 64.8 cm³/mol. The lowest BCUT2D eigenvalue weighted by molar-refractivity contribution is -0.157. The first-order valence-electron chi connectivity index (χ1n) is 5.89. The minimum atomic E-state index is -0.825. The number of hydrogen-bond acceptors (Lipinski definition) is 4. The van der Waals surface area contributed by atoms with Crippen molar-refractivity contribution in [1.82, 2.24) is 9.80 Å². The Kier molecular flexibility index (Phi) is 3.69. The van der Waals surface area contributed by atoms with Gasteiger partial charge in [0.2, 0.25) is 5.91 Å². The van der Waals surface area contributed by atoms with Crippen LogP contribution in [0.15, 0.2) is 0 Å². The molecule has 6 heteroatoms. The van der Waals surface area contributed by atoms with Crippen molar-refractivity contribution in [1.29, 1.82) is 0 Å². The Morgan fingerprint density at radius 3 is 2.06 bits per heavy atom. The van der Waals surface area contributed by atoms with Crippen LogP contribution in [0.5, 0.6) is 0 Å². The Bertz CT molecular complexity index is 386. The van der Waals surface area contributed by atoms with E-state index in [1.54, 1.807) is 34.7 Å². The summed E-state index contributed by atoms with van der Waals surface area (Å²) < 4.78 is 5.15. The molecule has 0 aromatic carbocycles. The number of rotatable bonds is 0. The summed E-state index contributed by atoms with van der Waals surface area (Å²) in [5, 5.41) is 0. The lowest BCUT2D eigenvalue weighted by Crippen LogP contribution is -2.63. The molecule has 0 aromatic rings. The molecule has 1 saturated heterocycles. The highest BCUT2D eigenvalue weighted by molar-refractivity contribution is 6.04. The van der Waals surface area contributed by atoms with E-state index in [1.165, 1.54) is 11.8 Å². The van der Waals surface area contributed by atoms with Gasteiger partial charge >= 0.3 is 6.09 Å². The van der Waals surface area contributed by atoms with Gasteiger partial charge < -0.3 is 9.64 Å². The highest BCUT2D eigenvalue weighted by Crippen LogP contribution is 2.19. The number of piperazine rings is 1. The molecule has 0 N–H and O–H groups in total. The summed E-state index contributed by atoms with van der Waals surface area (Å²) in [7, 11) is 1.55. The Hall–Kier alpha value is -1.59. The normalized spacial score (nSPS) is 25.4. The van der Waals surface area contributed by atoms with Crippen LogP contribution in [0.25, 0.3) is 0 Å². The molecule has 1 rings (SSSR count). The Morgan fingerprint density at radius 1 is 1.11 bits per heavy atom. The number of hydrogen-bond donors (Lipinski definition) is 0. The van der Waals surface area contributed by atoms with Crippen LogP contribution in [0.1, 0.15) is 34.6 Å². The highest BCUT2D eigenvalue weighted by Gasteiger charge is 2.44. The van der Waals surface area contributed by atoms with Gasteiger partial charge in [-0.3, -0.25) is 9.59 Å². The molecular weight excluding hydrogens is 236 g/mol. The first-order valence-corrected chi connectivity index (χ1v) is 5.89. The van der Waals surface area contributed by atoms with Crippen molar-refractivity contribution in [3.05, 3.63) is 0 Å². The molecule has 0 aromatic heterocycles. The number of carbonyl (C=O) groups is 3. The van der Waals surface area contributed by atoms with E-state index in [0.29, 0.717) is 0 Å². The lowest BCUT2D eigenvalue weighted by atomic mass is 10.1. The van der Waals surface area contributed by atoms with Crippen molar-refractivity contribution in [2.45, 2.75) is 52.3 Å². The summed E-state index contributed by atoms with van der Waals surface area (Å²) in [6.07, 6.45) is -0.770. The van der Waals surface area contributed by atoms with Crippen LogP contribution < -0.4 is 0 Å². The van der Waals surface area contributed by atoms with Crippen molar-refractivity contribution in [3.8, 4) is 0 Å². The van der Waals surface area contributed by atoms with Gasteiger partial charge in [-0.2, -0.15) is 0 Å². The van der Waals surface area contributed by atoms with Crippen LogP contribution in [0.3, 0.4) is 0 Å². The van der Waals surface area contributed by atoms with E-state index in [1.807, 2.05) is 0 Å². The highest BCUT2D eigenvalue weighted by atomic mass is 16.6. The maximum atomic E-state index is 12.1. The lowest BCUT2D eigenvalue weighted by Gasteiger charge is -2.39. The average Bonchev–Trinajstić information content (AvgIpc) is 2.21. The maximum absolute atomic E-state index is 12.1. The van der Waals surface area contributed by atoms with E-state index >= 15 is 0 Å². The third-order valence-corrected chi connectivity index (χ3v) is 2.86. The predicted octanol–water partition coefficient (Wildman–Crippen LogP) is 0.999. The van der Waals surface area contributed by atoms with Crippen LogP contribution in [-0.2, 0) is 14.3 Å². The molecule has 1 heterocycles. The van der Waals surface area contributed by atoms with Crippen LogP contribution in [0.4, 0.5) is 4.79 Å². The standard InChI is InChI=1S/C12H20N2O4/c1-7-10(16)14(8(2)9(15)13(7)6)11(17)18-12(3,4)5/h7-8H,1-6H3/t7-,8-/m0/s1. The van der Waals surface area contributed by atoms with Gasteiger partial charge in [0.25, 0.3) is 5.91 Å². The zero-order valence-corrected chi connectivity index (χ0v) is 11.7. The fourth-order valence-electron chi connectivity index (χ4n) is 1.71. The number of likely N-dealkylation sites (N-methyl/N-ethyl adjacent to an activating group) is 1. The molecule has 1 aliphatic rings. The minimum Gasteiger partial charge on any atom is -0.443 e. The molecular formula is C12H20N2O4. The molecule has 1 aliphatic heterocycles. The minimum absolute atomic E-state index is 0.270. The van der Waals surface area contributed by atoms with E-state index in [-0.39, 0.29) is 5.91 Å². The number of imide groups is 1. The van der Waals surface area contributed by atoms with Crippen molar-refractivity contribution in [3.63, 3.8) is 0 Å². The molecule has 6 nitrogen and oxygen atoms in total. The number of carbonyl (C=O) groups excluding carboxylic acids is 3. The average molecular weight is 256 g/mol. The van der Waals surface area contributed by atoms with Crippen molar-refractivity contribution < 1.29 is 19.1 Å². The zero-order chi connectivity index (χ0) is 14.2. The SMILES string of the molecule is C[C@H]1C(=O)N(C(=O)OC(C)(C)C)[C@@H](C)C(=O)N1C. The molecule has 0 saturated carbocycles. The van der Waals surface area contributed by atoms with Crippen molar-refractivity contribution >= 4 is 17.9 Å². The molecule has 0 bridgehead atoms. The Morgan fingerprint density at radius 2 is 1.61 bits per heavy atom. The summed E-state index contributed by atoms with van der Waals surface area (Å²) in [6, 6.07) is -1.48. The summed E-state index contributed by atoms with van der Waals surface area (Å²) in [4.78, 5) is 38.1. The summed E-state index contributed by atoms with van der Waals surface area (Å²) in [5.74, 6) is -0.688. The Balaban J connectivity index is 2.97. The third-order valence-electron chi connectivity index (χ3n) is 2.86. The van der Waals surface area contributed by atoms with Gasteiger partial charge in [-0.25, -0.2) is 9.69 Å². The number of amides is 3. The quantitative estimate of drug-likeness (QED) is 0.648. The number of nitrogens with zero attached hydrogens (tertiary/aromatic N) is 2. The summed E-state index contributed by atoms with van der Waals surface area (Å²) >= 11 is 0. The van der Waals surface area contributed by atoms with E-state index in [4.69, 9.17) is 4.74 Å². The molecule has 0 aliphatic carbocycles. The summed E-state index contributed by atoms with van der Waals surface area (Å²) in [5.41, 5.74) is -0.702. The topological polar surface area (TPSA) is 66.9 Å². The molecule has 102 valence electrons. The largest absolute Gasteiger partial charge is 0.443 e. The monoisotopic (exact) mass is 256 g/mol. The van der Waals surface area contributed by atoms with Gasteiger partial charge in [-0.1, -0.05) is 0 Å². The first-order chi connectivity index (χ1) is 8.06.